The lowest BCUT2D eigenvalue weighted by Gasteiger charge is -2.33. The molecule has 0 radical (unpaired) electrons. The van der Waals surface area contributed by atoms with Gasteiger partial charge in [-0.1, -0.05) is 53.5 Å². The highest BCUT2D eigenvalue weighted by Gasteiger charge is 2.36. The summed E-state index contributed by atoms with van der Waals surface area (Å²) in [6.07, 6.45) is -4.76. The van der Waals surface area contributed by atoms with Gasteiger partial charge in [0.15, 0.2) is 0 Å². The van der Waals surface area contributed by atoms with Crippen LogP contribution in [0, 0.1) is 0 Å². The van der Waals surface area contributed by atoms with Gasteiger partial charge in [0, 0.05) is 22.1 Å². The maximum Gasteiger partial charge on any atom is 0.416 e. The first kappa shape index (κ1) is 33.2. The van der Waals surface area contributed by atoms with E-state index in [1.807, 2.05) is 0 Å². The topological polar surface area (TPSA) is 86.8 Å². The Labute approximate surface area is 253 Å². The van der Waals surface area contributed by atoms with Gasteiger partial charge in [0.1, 0.15) is 12.6 Å². The smallest absolute Gasteiger partial charge is 0.350 e. The summed E-state index contributed by atoms with van der Waals surface area (Å²) < 4.78 is 68.8. The van der Waals surface area contributed by atoms with Gasteiger partial charge in [-0.05, 0) is 75.7 Å². The number of rotatable bonds is 9. The molecule has 0 fully saturated rings. The minimum atomic E-state index is -4.76. The predicted molar refractivity (Wildman–Crippen MR) is 157 cm³/mol. The molecular weight excluding hydrogens is 614 g/mol. The van der Waals surface area contributed by atoms with E-state index in [0.29, 0.717) is 21.0 Å². The molecule has 0 saturated carbocycles. The van der Waals surface area contributed by atoms with Crippen molar-refractivity contribution in [3.05, 3.63) is 94.0 Å². The Hall–Kier alpha value is -3.28. The highest BCUT2D eigenvalue weighted by atomic mass is 35.5. The fourth-order valence-corrected chi connectivity index (χ4v) is 5.87. The van der Waals surface area contributed by atoms with Crippen molar-refractivity contribution in [2.24, 2.45) is 0 Å². The predicted octanol–water partition coefficient (Wildman–Crippen LogP) is 6.54. The number of carbonyl (C=O) groups excluding carboxylic acids is 2. The summed E-state index contributed by atoms with van der Waals surface area (Å²) in [5, 5.41) is 3.33. The molecular formula is C29H30Cl2F3N3O4S. The number of sulfonamides is 1. The molecule has 3 aromatic carbocycles. The van der Waals surface area contributed by atoms with Crippen LogP contribution in [0.4, 0.5) is 18.9 Å². The van der Waals surface area contributed by atoms with Gasteiger partial charge >= 0.3 is 6.18 Å². The SMILES string of the molecule is C[C@@H](C(=O)NC(C)(C)C)N(Cc1ccc(Cl)cc1Cl)C(=O)CN(c1cccc(C(F)(F)F)c1)S(=O)(=O)c1ccccc1. The number of amides is 2. The van der Waals surface area contributed by atoms with E-state index in [2.05, 4.69) is 5.32 Å². The van der Waals surface area contributed by atoms with Crippen LogP contribution in [0.3, 0.4) is 0 Å². The zero-order valence-corrected chi connectivity index (χ0v) is 25.6. The summed E-state index contributed by atoms with van der Waals surface area (Å²) in [5.41, 5.74) is -1.71. The van der Waals surface area contributed by atoms with E-state index in [-0.39, 0.29) is 22.2 Å². The van der Waals surface area contributed by atoms with Crippen molar-refractivity contribution in [2.45, 2.75) is 56.9 Å². The van der Waals surface area contributed by atoms with E-state index in [1.165, 1.54) is 43.3 Å². The number of benzene rings is 3. The Bertz CT molecular complexity index is 1550. The summed E-state index contributed by atoms with van der Waals surface area (Å²) in [7, 11) is -4.53. The summed E-state index contributed by atoms with van der Waals surface area (Å²) in [6, 6.07) is 14.1. The molecule has 3 rings (SSSR count). The number of anilines is 1. The van der Waals surface area contributed by atoms with E-state index in [9.17, 15) is 31.2 Å². The quantitative estimate of drug-likeness (QED) is 0.287. The Kier molecular flexibility index (Phi) is 10.2. The Morgan fingerprint density at radius 3 is 2.14 bits per heavy atom. The van der Waals surface area contributed by atoms with E-state index < -0.39 is 51.7 Å². The standard InChI is InChI=1S/C29H30Cl2F3N3O4S/c1-19(27(39)35-28(2,3)4)36(17-20-13-14-22(30)16-25(20)31)26(38)18-37(42(40,41)24-11-6-5-7-12-24)23-10-8-9-21(15-23)29(32,33)34/h5-16,19H,17-18H2,1-4H3,(H,35,39)/t19-/m0/s1. The van der Waals surface area contributed by atoms with Gasteiger partial charge in [0.2, 0.25) is 11.8 Å². The molecule has 0 saturated heterocycles. The molecule has 0 heterocycles. The van der Waals surface area contributed by atoms with E-state index >= 15 is 0 Å². The number of hydrogen-bond donors (Lipinski definition) is 1. The third kappa shape index (κ3) is 8.39. The Morgan fingerprint density at radius 2 is 1.57 bits per heavy atom. The second kappa shape index (κ2) is 12.9. The lowest BCUT2D eigenvalue weighted by atomic mass is 10.1. The van der Waals surface area contributed by atoms with Crippen LogP contribution < -0.4 is 9.62 Å². The fraction of sp³-hybridized carbons (Fsp3) is 0.310. The van der Waals surface area contributed by atoms with Crippen LogP contribution in [0.15, 0.2) is 77.7 Å². The first-order valence-corrected chi connectivity index (χ1v) is 14.9. The molecule has 3 aromatic rings. The maximum absolute atomic E-state index is 13.9. The number of halogens is 5. The minimum Gasteiger partial charge on any atom is -0.350 e. The molecule has 0 spiro atoms. The molecule has 2 amide bonds. The van der Waals surface area contributed by atoms with Crippen LogP contribution in [0.5, 0.6) is 0 Å². The van der Waals surface area contributed by atoms with E-state index in [4.69, 9.17) is 23.2 Å². The van der Waals surface area contributed by atoms with Crippen LogP contribution in [-0.2, 0) is 32.3 Å². The number of alkyl halides is 3. The van der Waals surface area contributed by atoms with Gasteiger partial charge in [0.05, 0.1) is 16.1 Å². The second-order valence-electron chi connectivity index (χ2n) is 10.5. The van der Waals surface area contributed by atoms with Gasteiger partial charge in [-0.3, -0.25) is 13.9 Å². The van der Waals surface area contributed by atoms with Crippen molar-refractivity contribution >= 4 is 50.7 Å². The normalized spacial score (nSPS) is 12.9. The molecule has 1 atom stereocenters. The lowest BCUT2D eigenvalue weighted by molar-refractivity contribution is -0.140. The Morgan fingerprint density at radius 1 is 0.929 bits per heavy atom. The van der Waals surface area contributed by atoms with Gasteiger partial charge in [0.25, 0.3) is 10.0 Å². The van der Waals surface area contributed by atoms with Crippen molar-refractivity contribution in [1.82, 2.24) is 10.2 Å². The summed E-state index contributed by atoms with van der Waals surface area (Å²) in [6.45, 7) is 5.60. The number of nitrogens with one attached hydrogen (secondary N) is 1. The first-order valence-electron chi connectivity index (χ1n) is 12.7. The number of hydrogen-bond acceptors (Lipinski definition) is 4. The molecule has 226 valence electrons. The average molecular weight is 645 g/mol. The molecule has 0 bridgehead atoms. The van der Waals surface area contributed by atoms with Gasteiger partial charge < -0.3 is 10.2 Å². The maximum atomic E-state index is 13.9. The monoisotopic (exact) mass is 643 g/mol. The Balaban J connectivity index is 2.11. The highest BCUT2D eigenvalue weighted by molar-refractivity contribution is 7.92. The molecule has 7 nitrogen and oxygen atoms in total. The number of nitrogens with zero attached hydrogens (tertiary/aromatic N) is 2. The van der Waals surface area contributed by atoms with Crippen LogP contribution in [0.1, 0.15) is 38.8 Å². The highest BCUT2D eigenvalue weighted by Crippen LogP contribution is 2.33. The summed E-state index contributed by atoms with van der Waals surface area (Å²) >= 11 is 12.4. The average Bonchev–Trinajstić information content (AvgIpc) is 2.90. The van der Waals surface area contributed by atoms with E-state index in [0.717, 1.165) is 17.0 Å². The molecule has 1 N–H and O–H groups in total. The molecule has 0 unspecified atom stereocenters. The van der Waals surface area contributed by atoms with Crippen molar-refractivity contribution in [3.63, 3.8) is 0 Å². The summed E-state index contributed by atoms with van der Waals surface area (Å²) in [4.78, 5) is 28.0. The second-order valence-corrected chi connectivity index (χ2v) is 13.3. The third-order valence-corrected chi connectivity index (χ3v) is 8.47. The molecule has 0 aliphatic rings. The van der Waals surface area contributed by atoms with Crippen molar-refractivity contribution in [2.75, 3.05) is 10.8 Å². The van der Waals surface area contributed by atoms with E-state index in [1.54, 1.807) is 39.0 Å². The molecule has 0 aliphatic carbocycles. The van der Waals surface area contributed by atoms with Gasteiger partial charge in [-0.15, -0.1) is 0 Å². The zero-order chi connectivity index (χ0) is 31.5. The third-order valence-electron chi connectivity index (χ3n) is 6.09. The first-order chi connectivity index (χ1) is 19.4. The molecule has 0 aromatic heterocycles. The van der Waals surface area contributed by atoms with Crippen LogP contribution in [-0.4, -0.2) is 43.3 Å². The fourth-order valence-electron chi connectivity index (χ4n) is 3.98. The summed E-state index contributed by atoms with van der Waals surface area (Å²) in [5.74, 6) is -1.38. The lowest BCUT2D eigenvalue weighted by Crippen LogP contribution is -2.54. The number of carbonyl (C=O) groups is 2. The van der Waals surface area contributed by atoms with Crippen LogP contribution in [0.2, 0.25) is 10.0 Å². The van der Waals surface area contributed by atoms with Gasteiger partial charge in [-0.25, -0.2) is 8.42 Å². The molecule has 42 heavy (non-hydrogen) atoms. The van der Waals surface area contributed by atoms with Crippen LogP contribution in [0.25, 0.3) is 0 Å². The largest absolute Gasteiger partial charge is 0.416 e. The van der Waals surface area contributed by atoms with Gasteiger partial charge in [-0.2, -0.15) is 13.2 Å². The molecule has 0 aliphatic heterocycles. The zero-order valence-electron chi connectivity index (χ0n) is 23.2. The van der Waals surface area contributed by atoms with Crippen molar-refractivity contribution < 1.29 is 31.2 Å². The van der Waals surface area contributed by atoms with Crippen LogP contribution >= 0.6 is 23.2 Å². The van der Waals surface area contributed by atoms with Crippen molar-refractivity contribution in [1.29, 1.82) is 0 Å². The molecule has 13 heteroatoms. The minimum absolute atomic E-state index is 0.204. The van der Waals surface area contributed by atoms with Crippen molar-refractivity contribution in [3.8, 4) is 0 Å².